The zero-order chi connectivity index (χ0) is 13.1. The van der Waals surface area contributed by atoms with Crippen LogP contribution >= 0.6 is 38.9 Å². The maximum Gasteiger partial charge on any atom is 0.129 e. The molecule has 0 aromatic carbocycles. The van der Waals surface area contributed by atoms with Gasteiger partial charge in [-0.1, -0.05) is 11.6 Å². The maximum absolute atomic E-state index is 6.00. The van der Waals surface area contributed by atoms with Crippen LogP contribution in [0.1, 0.15) is 11.3 Å². The highest BCUT2D eigenvalue weighted by Crippen LogP contribution is 2.24. The Morgan fingerprint density at radius 3 is 2.89 bits per heavy atom. The van der Waals surface area contributed by atoms with E-state index in [4.69, 9.17) is 17.3 Å². The highest BCUT2D eigenvalue weighted by atomic mass is 79.9. The largest absolute Gasteiger partial charge is 0.355 e. The summed E-state index contributed by atoms with van der Waals surface area (Å²) in [5.41, 5.74) is 7.59. The van der Waals surface area contributed by atoms with Gasteiger partial charge in [0.1, 0.15) is 5.82 Å². The minimum absolute atomic E-state index is 0.352. The molecule has 0 amide bonds. The van der Waals surface area contributed by atoms with Gasteiger partial charge in [-0.2, -0.15) is 0 Å². The molecule has 2 aromatic heterocycles. The summed E-state index contributed by atoms with van der Waals surface area (Å²) >= 11 is 11.1. The third-order valence-corrected chi connectivity index (χ3v) is 4.43. The highest BCUT2D eigenvalue weighted by molar-refractivity contribution is 9.11. The summed E-state index contributed by atoms with van der Waals surface area (Å²) in [6.07, 6.45) is 0. The molecule has 6 heteroatoms. The van der Waals surface area contributed by atoms with Crippen LogP contribution in [-0.4, -0.2) is 12.0 Å². The average molecular weight is 347 g/mol. The van der Waals surface area contributed by atoms with Gasteiger partial charge in [-0.25, -0.2) is 4.98 Å². The topological polar surface area (TPSA) is 42.1 Å². The third-order valence-electron chi connectivity index (χ3n) is 2.53. The second-order valence-corrected chi connectivity index (χ2v) is 6.61. The molecular formula is C12H13BrClN3S. The van der Waals surface area contributed by atoms with Crippen molar-refractivity contribution < 1.29 is 0 Å². The van der Waals surface area contributed by atoms with Crippen molar-refractivity contribution in [2.24, 2.45) is 5.73 Å². The Kier molecular flexibility index (Phi) is 4.61. The first-order valence-electron chi connectivity index (χ1n) is 5.39. The van der Waals surface area contributed by atoms with E-state index < -0.39 is 0 Å². The Balaban J connectivity index is 2.15. The third kappa shape index (κ3) is 3.23. The number of rotatable bonds is 4. The smallest absolute Gasteiger partial charge is 0.129 e. The molecule has 18 heavy (non-hydrogen) atoms. The number of halogens is 2. The highest BCUT2D eigenvalue weighted by Gasteiger charge is 2.08. The fourth-order valence-electron chi connectivity index (χ4n) is 1.61. The van der Waals surface area contributed by atoms with Gasteiger partial charge >= 0.3 is 0 Å². The minimum atomic E-state index is 0.352. The summed E-state index contributed by atoms with van der Waals surface area (Å²) in [5.74, 6) is 0.877. The normalized spacial score (nSPS) is 10.7. The van der Waals surface area contributed by atoms with E-state index in [-0.39, 0.29) is 0 Å². The van der Waals surface area contributed by atoms with Gasteiger partial charge in [0.25, 0.3) is 0 Å². The number of pyridine rings is 1. The van der Waals surface area contributed by atoms with Crippen molar-refractivity contribution in [3.8, 4) is 0 Å². The lowest BCUT2D eigenvalue weighted by molar-refractivity contribution is 0.881. The molecule has 96 valence electrons. The Morgan fingerprint density at radius 1 is 1.50 bits per heavy atom. The second kappa shape index (κ2) is 6.02. The summed E-state index contributed by atoms with van der Waals surface area (Å²) in [6.45, 7) is 1.16. The van der Waals surface area contributed by atoms with Crippen LogP contribution in [0.5, 0.6) is 0 Å². The van der Waals surface area contributed by atoms with E-state index in [1.807, 2.05) is 19.2 Å². The van der Waals surface area contributed by atoms with E-state index >= 15 is 0 Å². The van der Waals surface area contributed by atoms with Crippen LogP contribution in [0.25, 0.3) is 0 Å². The van der Waals surface area contributed by atoms with Crippen molar-refractivity contribution in [1.82, 2.24) is 4.98 Å². The van der Waals surface area contributed by atoms with Crippen LogP contribution in [0.3, 0.4) is 0 Å². The summed E-state index contributed by atoms with van der Waals surface area (Å²) in [4.78, 5) is 6.53. The zero-order valence-electron chi connectivity index (χ0n) is 9.86. The molecule has 2 N–H and O–H groups in total. The Morgan fingerprint density at radius 2 is 2.28 bits per heavy atom. The van der Waals surface area contributed by atoms with Gasteiger partial charge in [0, 0.05) is 20.1 Å². The van der Waals surface area contributed by atoms with Crippen LogP contribution in [0.2, 0.25) is 5.02 Å². The Hall–Kier alpha value is -0.620. The first-order chi connectivity index (χ1) is 8.60. The average Bonchev–Trinajstić information content (AvgIpc) is 2.75. The van der Waals surface area contributed by atoms with Crippen molar-refractivity contribution in [3.05, 3.63) is 43.6 Å². The van der Waals surface area contributed by atoms with Crippen molar-refractivity contribution in [1.29, 1.82) is 0 Å². The molecule has 0 bridgehead atoms. The van der Waals surface area contributed by atoms with E-state index in [9.17, 15) is 0 Å². The fourth-order valence-corrected chi connectivity index (χ4v) is 2.99. The van der Waals surface area contributed by atoms with Crippen LogP contribution in [0.4, 0.5) is 5.82 Å². The van der Waals surface area contributed by atoms with Crippen LogP contribution < -0.4 is 10.6 Å². The van der Waals surface area contributed by atoms with Gasteiger partial charge in [-0.05, 0) is 45.1 Å². The summed E-state index contributed by atoms with van der Waals surface area (Å²) in [6, 6.07) is 5.86. The summed E-state index contributed by atoms with van der Waals surface area (Å²) in [7, 11) is 2.00. The van der Waals surface area contributed by atoms with Crippen LogP contribution in [0, 0.1) is 0 Å². The standard InChI is InChI=1S/C12H13BrClN3S/c1-17(6-8-4-11(13)18-7-8)12-3-2-9(14)10(5-15)16-12/h2-4,7H,5-6,15H2,1H3. The Labute approximate surface area is 124 Å². The molecule has 2 aromatic rings. The van der Waals surface area contributed by atoms with E-state index in [2.05, 4.69) is 37.3 Å². The van der Waals surface area contributed by atoms with E-state index in [1.54, 1.807) is 11.3 Å². The van der Waals surface area contributed by atoms with Crippen LogP contribution in [0.15, 0.2) is 27.4 Å². The van der Waals surface area contributed by atoms with Crippen molar-refractivity contribution >= 4 is 44.7 Å². The molecule has 3 nitrogen and oxygen atoms in total. The first-order valence-corrected chi connectivity index (χ1v) is 7.44. The number of nitrogens with zero attached hydrogens (tertiary/aromatic N) is 2. The molecule has 0 saturated heterocycles. The van der Waals surface area contributed by atoms with Crippen molar-refractivity contribution in [2.45, 2.75) is 13.1 Å². The number of thiophene rings is 1. The van der Waals surface area contributed by atoms with Gasteiger partial charge in [0.05, 0.1) is 14.5 Å². The monoisotopic (exact) mass is 345 g/mol. The lowest BCUT2D eigenvalue weighted by Gasteiger charge is -2.18. The SMILES string of the molecule is CN(Cc1csc(Br)c1)c1ccc(Cl)c(CN)n1. The molecule has 0 atom stereocenters. The van der Waals surface area contributed by atoms with Gasteiger partial charge in [-0.15, -0.1) is 11.3 Å². The Bertz CT molecular complexity index is 544. The van der Waals surface area contributed by atoms with Crippen molar-refractivity contribution in [2.75, 3.05) is 11.9 Å². The molecule has 0 fully saturated rings. The van der Waals surface area contributed by atoms with Crippen molar-refractivity contribution in [3.63, 3.8) is 0 Å². The number of nitrogens with two attached hydrogens (primary N) is 1. The van der Waals surface area contributed by atoms with E-state index in [0.29, 0.717) is 11.6 Å². The first kappa shape index (κ1) is 13.8. The van der Waals surface area contributed by atoms with Crippen LogP contribution in [-0.2, 0) is 13.1 Å². The predicted molar refractivity (Wildman–Crippen MR) is 81.3 cm³/mol. The second-order valence-electron chi connectivity index (χ2n) is 3.92. The molecule has 0 spiro atoms. The molecular weight excluding hydrogens is 334 g/mol. The lowest BCUT2D eigenvalue weighted by Crippen LogP contribution is -2.18. The van der Waals surface area contributed by atoms with E-state index in [1.165, 1.54) is 5.56 Å². The molecule has 0 aliphatic heterocycles. The molecule has 2 rings (SSSR count). The fraction of sp³-hybridized carbons (Fsp3) is 0.250. The number of hydrogen-bond acceptors (Lipinski definition) is 4. The molecule has 0 saturated carbocycles. The zero-order valence-corrected chi connectivity index (χ0v) is 13.0. The number of anilines is 1. The molecule has 0 aliphatic carbocycles. The molecule has 0 unspecified atom stereocenters. The van der Waals surface area contributed by atoms with E-state index in [0.717, 1.165) is 21.8 Å². The lowest BCUT2D eigenvalue weighted by atomic mass is 10.3. The summed E-state index contributed by atoms with van der Waals surface area (Å²) < 4.78 is 1.14. The predicted octanol–water partition coefficient (Wildman–Crippen LogP) is 3.65. The quantitative estimate of drug-likeness (QED) is 0.918. The molecule has 0 radical (unpaired) electrons. The molecule has 0 aliphatic rings. The number of aromatic nitrogens is 1. The summed E-state index contributed by atoms with van der Waals surface area (Å²) in [5, 5.41) is 2.74. The number of hydrogen-bond donors (Lipinski definition) is 1. The van der Waals surface area contributed by atoms with Gasteiger partial charge in [-0.3, -0.25) is 0 Å². The van der Waals surface area contributed by atoms with Gasteiger partial charge < -0.3 is 10.6 Å². The van der Waals surface area contributed by atoms with Gasteiger partial charge in [0.15, 0.2) is 0 Å². The van der Waals surface area contributed by atoms with Gasteiger partial charge in [0.2, 0.25) is 0 Å². The molecule has 2 heterocycles. The minimum Gasteiger partial charge on any atom is -0.355 e. The maximum atomic E-state index is 6.00.